The van der Waals surface area contributed by atoms with Crippen LogP contribution in [0.3, 0.4) is 0 Å². The van der Waals surface area contributed by atoms with Crippen LogP contribution in [-0.4, -0.2) is 45.1 Å². The lowest BCUT2D eigenvalue weighted by molar-refractivity contribution is 0.255. The number of sulfone groups is 1. The zero-order valence-electron chi connectivity index (χ0n) is 14.0. The zero-order chi connectivity index (χ0) is 18.5. The lowest BCUT2D eigenvalue weighted by Gasteiger charge is -2.23. The summed E-state index contributed by atoms with van der Waals surface area (Å²) < 4.78 is 29.7. The predicted octanol–water partition coefficient (Wildman–Crippen LogP) is 2.96. The number of ether oxygens (including phenoxy) is 1. The summed E-state index contributed by atoms with van der Waals surface area (Å²) in [7, 11) is -1.68. The van der Waals surface area contributed by atoms with Crippen LogP contribution in [0.25, 0.3) is 0 Å². The summed E-state index contributed by atoms with van der Waals surface area (Å²) >= 11 is 6.29. The van der Waals surface area contributed by atoms with Gasteiger partial charge in [-0.3, -0.25) is 9.80 Å². The second-order valence-corrected chi connectivity index (χ2v) is 8.94. The normalized spacial score (nSPS) is 24.0. The van der Waals surface area contributed by atoms with Gasteiger partial charge in [0, 0.05) is 5.69 Å². The van der Waals surface area contributed by atoms with E-state index in [2.05, 4.69) is 0 Å². The fourth-order valence-electron chi connectivity index (χ4n) is 3.68. The van der Waals surface area contributed by atoms with E-state index in [1.165, 1.54) is 4.90 Å². The molecule has 136 valence electrons. The van der Waals surface area contributed by atoms with Crippen LogP contribution in [0.1, 0.15) is 0 Å². The van der Waals surface area contributed by atoms with Crippen molar-refractivity contribution in [1.82, 2.24) is 0 Å². The molecular formula is C18H17ClN2O4S. The van der Waals surface area contributed by atoms with Gasteiger partial charge in [0.2, 0.25) is 0 Å². The molecule has 2 saturated heterocycles. The summed E-state index contributed by atoms with van der Waals surface area (Å²) in [6.07, 6.45) is 0. The van der Waals surface area contributed by atoms with Gasteiger partial charge in [0.25, 0.3) is 0 Å². The number of urea groups is 1. The van der Waals surface area contributed by atoms with Gasteiger partial charge in [0.05, 0.1) is 41.4 Å². The molecule has 4 rings (SSSR count). The summed E-state index contributed by atoms with van der Waals surface area (Å²) in [5, 5.41) is 0.417. The molecule has 0 unspecified atom stereocenters. The molecule has 8 heteroatoms. The summed E-state index contributed by atoms with van der Waals surface area (Å²) in [5.74, 6) is 0.538. The van der Waals surface area contributed by atoms with Gasteiger partial charge in [-0.2, -0.15) is 0 Å². The number of carbonyl (C=O) groups excluding carboxylic acids is 1. The summed E-state index contributed by atoms with van der Waals surface area (Å²) in [4.78, 5) is 16.3. The Bertz CT molecular complexity index is 961. The Hall–Kier alpha value is -2.25. The second kappa shape index (κ2) is 6.17. The van der Waals surface area contributed by atoms with Gasteiger partial charge in [0.15, 0.2) is 9.84 Å². The van der Waals surface area contributed by atoms with Crippen molar-refractivity contribution in [3.63, 3.8) is 0 Å². The molecule has 0 radical (unpaired) electrons. The molecule has 26 heavy (non-hydrogen) atoms. The molecule has 2 aromatic rings. The Kier molecular flexibility index (Phi) is 4.08. The number of fused-ring (bicyclic) bond motifs is 1. The molecule has 2 aliphatic heterocycles. The minimum atomic E-state index is -3.24. The fourth-order valence-corrected chi connectivity index (χ4v) is 5.82. The Morgan fingerprint density at radius 2 is 1.62 bits per heavy atom. The zero-order valence-corrected chi connectivity index (χ0v) is 15.6. The minimum Gasteiger partial charge on any atom is -0.497 e. The van der Waals surface area contributed by atoms with E-state index in [0.29, 0.717) is 22.1 Å². The van der Waals surface area contributed by atoms with Crippen molar-refractivity contribution in [3.8, 4) is 5.75 Å². The molecule has 2 fully saturated rings. The summed E-state index contributed by atoms with van der Waals surface area (Å²) in [6, 6.07) is 12.8. The first-order valence-corrected chi connectivity index (χ1v) is 10.3. The highest BCUT2D eigenvalue weighted by molar-refractivity contribution is 7.91. The molecule has 0 aromatic heterocycles. The Balaban J connectivity index is 1.80. The van der Waals surface area contributed by atoms with Crippen molar-refractivity contribution in [2.75, 3.05) is 28.4 Å². The summed E-state index contributed by atoms with van der Waals surface area (Å²) in [5.41, 5.74) is 1.17. The standard InChI is InChI=1S/C18H17ClN2O4S/c1-25-13-8-6-12(7-9-13)20-16-10-26(23,24)11-17(16)21(18(20)22)15-5-3-2-4-14(15)19/h2-9,16-17H,10-11H2,1H3/t16-,17-/m0/s1. The van der Waals surface area contributed by atoms with E-state index in [0.717, 1.165) is 0 Å². The van der Waals surface area contributed by atoms with Gasteiger partial charge in [-0.1, -0.05) is 23.7 Å². The third kappa shape index (κ3) is 2.71. The number of benzene rings is 2. The molecule has 0 aliphatic carbocycles. The topological polar surface area (TPSA) is 66.9 Å². The van der Waals surface area contributed by atoms with Crippen LogP contribution in [0.5, 0.6) is 5.75 Å². The smallest absolute Gasteiger partial charge is 0.329 e. The Morgan fingerprint density at radius 3 is 2.23 bits per heavy atom. The van der Waals surface area contributed by atoms with E-state index in [1.807, 2.05) is 0 Å². The van der Waals surface area contributed by atoms with Crippen LogP contribution in [0, 0.1) is 0 Å². The van der Waals surface area contributed by atoms with Gasteiger partial charge in [-0.05, 0) is 36.4 Å². The van der Waals surface area contributed by atoms with Gasteiger partial charge < -0.3 is 4.74 Å². The molecule has 0 saturated carbocycles. The van der Waals surface area contributed by atoms with Crippen LogP contribution < -0.4 is 14.5 Å². The van der Waals surface area contributed by atoms with E-state index in [-0.39, 0.29) is 17.5 Å². The number of carbonyl (C=O) groups is 1. The highest BCUT2D eigenvalue weighted by Crippen LogP contribution is 2.40. The molecule has 2 amide bonds. The number of anilines is 2. The highest BCUT2D eigenvalue weighted by atomic mass is 35.5. The van der Waals surface area contributed by atoms with Gasteiger partial charge in [0.1, 0.15) is 5.75 Å². The van der Waals surface area contributed by atoms with Crippen LogP contribution in [0.4, 0.5) is 16.2 Å². The lowest BCUT2D eigenvalue weighted by Crippen LogP contribution is -2.38. The van der Waals surface area contributed by atoms with E-state index in [4.69, 9.17) is 16.3 Å². The average Bonchev–Trinajstić information content (AvgIpc) is 3.05. The Labute approximate surface area is 156 Å². The van der Waals surface area contributed by atoms with Crippen LogP contribution in [0.15, 0.2) is 48.5 Å². The highest BCUT2D eigenvalue weighted by Gasteiger charge is 2.54. The molecule has 2 heterocycles. The monoisotopic (exact) mass is 392 g/mol. The van der Waals surface area contributed by atoms with E-state index < -0.39 is 21.9 Å². The first kappa shape index (κ1) is 17.2. The maximum absolute atomic E-state index is 13.2. The molecular weight excluding hydrogens is 376 g/mol. The van der Waals surface area contributed by atoms with E-state index in [9.17, 15) is 13.2 Å². The molecule has 2 aliphatic rings. The van der Waals surface area contributed by atoms with E-state index >= 15 is 0 Å². The van der Waals surface area contributed by atoms with E-state index in [1.54, 1.807) is 60.5 Å². The van der Waals surface area contributed by atoms with Crippen LogP contribution in [0.2, 0.25) is 5.02 Å². The van der Waals surface area contributed by atoms with Crippen molar-refractivity contribution in [2.45, 2.75) is 12.1 Å². The number of nitrogens with zero attached hydrogens (tertiary/aromatic N) is 2. The summed E-state index contributed by atoms with van der Waals surface area (Å²) in [6.45, 7) is 0. The van der Waals surface area contributed by atoms with Gasteiger partial charge in [-0.25, -0.2) is 13.2 Å². The first-order chi connectivity index (χ1) is 12.4. The predicted molar refractivity (Wildman–Crippen MR) is 101 cm³/mol. The maximum Gasteiger partial charge on any atom is 0.329 e. The van der Waals surface area contributed by atoms with Crippen molar-refractivity contribution >= 4 is 38.8 Å². The molecule has 0 N–H and O–H groups in total. The fraction of sp³-hybridized carbons (Fsp3) is 0.278. The van der Waals surface area contributed by atoms with Crippen LogP contribution >= 0.6 is 11.6 Å². The SMILES string of the molecule is COc1ccc(N2C(=O)N(c3ccccc3Cl)[C@H]3CS(=O)(=O)C[C@@H]32)cc1. The van der Waals surface area contributed by atoms with Crippen molar-refractivity contribution in [3.05, 3.63) is 53.6 Å². The van der Waals surface area contributed by atoms with Crippen molar-refractivity contribution in [2.24, 2.45) is 0 Å². The van der Waals surface area contributed by atoms with Crippen molar-refractivity contribution < 1.29 is 17.9 Å². The number of para-hydroxylation sites is 1. The molecule has 6 nitrogen and oxygen atoms in total. The average molecular weight is 393 g/mol. The van der Waals surface area contributed by atoms with Crippen molar-refractivity contribution in [1.29, 1.82) is 0 Å². The number of amides is 2. The van der Waals surface area contributed by atoms with Gasteiger partial charge >= 0.3 is 6.03 Å². The molecule has 2 atom stereocenters. The number of hydrogen-bond acceptors (Lipinski definition) is 4. The molecule has 0 bridgehead atoms. The number of methoxy groups -OCH3 is 1. The Morgan fingerprint density at radius 1 is 1.00 bits per heavy atom. The number of halogens is 1. The number of hydrogen-bond donors (Lipinski definition) is 0. The van der Waals surface area contributed by atoms with Crippen LogP contribution in [-0.2, 0) is 9.84 Å². The third-order valence-corrected chi connectivity index (χ3v) is 6.85. The maximum atomic E-state index is 13.2. The molecule has 2 aromatic carbocycles. The largest absolute Gasteiger partial charge is 0.497 e. The second-order valence-electron chi connectivity index (χ2n) is 6.38. The van der Waals surface area contributed by atoms with Gasteiger partial charge in [-0.15, -0.1) is 0 Å². The first-order valence-electron chi connectivity index (χ1n) is 8.13. The lowest BCUT2D eigenvalue weighted by atomic mass is 10.1. The molecule has 0 spiro atoms. The number of rotatable bonds is 3. The quantitative estimate of drug-likeness (QED) is 0.753. The minimum absolute atomic E-state index is 0.0591. The third-order valence-electron chi connectivity index (χ3n) is 4.83.